The Labute approximate surface area is 234 Å². The highest BCUT2D eigenvalue weighted by Gasteiger charge is 2.34. The first kappa shape index (κ1) is 28.5. The standard InChI is InChI=1S/C29H29N3O7S/c1-5-7-15-38-22-13-10-20(17-23(22)37-4)26-25(28(34)39-14-6-2)18(3)30-29-31(26)27(33)24(40-29)16-19-8-11-21(12-9-19)32(35)36/h6,8-13,16-17,26H,2,5,7,14-15H2,1,3-4H3/b24-16-. The normalized spacial score (nSPS) is 14.8. The summed E-state index contributed by atoms with van der Waals surface area (Å²) in [5.41, 5.74) is 1.46. The highest BCUT2D eigenvalue weighted by atomic mass is 32.1. The Morgan fingerprint density at radius 2 is 1.98 bits per heavy atom. The van der Waals surface area contributed by atoms with Crippen LogP contribution in [0.3, 0.4) is 0 Å². The molecule has 40 heavy (non-hydrogen) atoms. The van der Waals surface area contributed by atoms with E-state index in [1.54, 1.807) is 43.3 Å². The molecule has 0 saturated heterocycles. The summed E-state index contributed by atoms with van der Waals surface area (Å²) in [6.07, 6.45) is 4.98. The number of nitro benzene ring substituents is 1. The quantitative estimate of drug-likeness (QED) is 0.113. The molecule has 0 bridgehead atoms. The number of benzene rings is 2. The van der Waals surface area contributed by atoms with Crippen molar-refractivity contribution in [2.45, 2.75) is 32.7 Å². The van der Waals surface area contributed by atoms with Crippen LogP contribution in [0.5, 0.6) is 11.5 Å². The monoisotopic (exact) mass is 563 g/mol. The Balaban J connectivity index is 1.87. The number of unbranched alkanes of at least 4 members (excludes halogenated alkanes) is 1. The minimum Gasteiger partial charge on any atom is -0.493 e. The summed E-state index contributed by atoms with van der Waals surface area (Å²) in [7, 11) is 1.53. The number of carbonyl (C=O) groups is 1. The van der Waals surface area contributed by atoms with Crippen molar-refractivity contribution in [3.8, 4) is 11.5 Å². The number of allylic oxidation sites excluding steroid dienone is 1. The number of methoxy groups -OCH3 is 1. The Kier molecular flexibility index (Phi) is 8.95. The molecule has 0 amide bonds. The van der Waals surface area contributed by atoms with Gasteiger partial charge in [-0.15, -0.1) is 0 Å². The first-order valence-corrected chi connectivity index (χ1v) is 13.5. The van der Waals surface area contributed by atoms with Gasteiger partial charge < -0.3 is 14.2 Å². The number of hydrogen-bond acceptors (Lipinski definition) is 9. The summed E-state index contributed by atoms with van der Waals surface area (Å²) in [6.45, 7) is 7.91. The van der Waals surface area contributed by atoms with Crippen LogP contribution in [0.1, 0.15) is 43.9 Å². The maximum atomic E-state index is 13.8. The topological polar surface area (TPSA) is 122 Å². The van der Waals surface area contributed by atoms with Crippen molar-refractivity contribution in [3.63, 3.8) is 0 Å². The largest absolute Gasteiger partial charge is 0.493 e. The van der Waals surface area contributed by atoms with Crippen LogP contribution in [0.2, 0.25) is 0 Å². The van der Waals surface area contributed by atoms with Crippen molar-refractivity contribution in [2.24, 2.45) is 4.99 Å². The molecule has 0 spiro atoms. The average molecular weight is 564 g/mol. The number of hydrogen-bond donors (Lipinski definition) is 0. The van der Waals surface area contributed by atoms with Gasteiger partial charge in [-0.25, -0.2) is 9.79 Å². The van der Waals surface area contributed by atoms with E-state index >= 15 is 0 Å². The minimum absolute atomic E-state index is 0.000422. The van der Waals surface area contributed by atoms with Crippen molar-refractivity contribution < 1.29 is 23.9 Å². The molecule has 10 nitrogen and oxygen atoms in total. The predicted molar refractivity (Wildman–Crippen MR) is 151 cm³/mol. The third-order valence-corrected chi connectivity index (χ3v) is 7.22. The van der Waals surface area contributed by atoms with Gasteiger partial charge in [0.1, 0.15) is 6.61 Å². The van der Waals surface area contributed by atoms with Crippen molar-refractivity contribution in [1.29, 1.82) is 0 Å². The second-order valence-corrected chi connectivity index (χ2v) is 9.94. The molecule has 4 rings (SSSR count). The number of nitro groups is 1. The van der Waals surface area contributed by atoms with Crippen LogP contribution in [0, 0.1) is 10.1 Å². The van der Waals surface area contributed by atoms with Gasteiger partial charge >= 0.3 is 5.97 Å². The molecule has 11 heteroatoms. The van der Waals surface area contributed by atoms with E-state index in [0.717, 1.165) is 24.2 Å². The first-order valence-electron chi connectivity index (χ1n) is 12.6. The fraction of sp³-hybridized carbons (Fsp3) is 0.276. The molecule has 0 aliphatic carbocycles. The van der Waals surface area contributed by atoms with Gasteiger partial charge in [0.05, 0.1) is 40.5 Å². The van der Waals surface area contributed by atoms with Gasteiger partial charge in [-0.3, -0.25) is 19.5 Å². The third kappa shape index (κ3) is 5.89. The SMILES string of the molecule is C=CCOC(=O)C1=C(C)N=c2s/c(=C\c3ccc([N+](=O)[O-])cc3)c(=O)n2C1c1ccc(OCCCC)c(OC)c1. The van der Waals surface area contributed by atoms with Crippen LogP contribution in [0.15, 0.2) is 76.2 Å². The van der Waals surface area contributed by atoms with Crippen LogP contribution in [-0.4, -0.2) is 35.8 Å². The third-order valence-electron chi connectivity index (χ3n) is 6.23. The molecule has 3 aromatic rings. The van der Waals surface area contributed by atoms with Crippen LogP contribution < -0.4 is 24.4 Å². The van der Waals surface area contributed by atoms with Gasteiger partial charge in [-0.1, -0.05) is 43.4 Å². The van der Waals surface area contributed by atoms with E-state index in [1.807, 2.05) is 0 Å². The number of non-ortho nitro benzene ring substituents is 1. The number of esters is 1. The number of nitrogens with zero attached hydrogens (tertiary/aromatic N) is 3. The number of fused-ring (bicyclic) bond motifs is 1. The molecule has 0 radical (unpaired) electrons. The van der Waals surface area contributed by atoms with Crippen molar-refractivity contribution in [1.82, 2.24) is 4.57 Å². The van der Waals surface area contributed by atoms with E-state index in [1.165, 1.54) is 29.9 Å². The lowest BCUT2D eigenvalue weighted by Gasteiger charge is -2.25. The van der Waals surface area contributed by atoms with Gasteiger partial charge in [0.15, 0.2) is 16.3 Å². The second-order valence-electron chi connectivity index (χ2n) is 8.93. The van der Waals surface area contributed by atoms with Crippen molar-refractivity contribution >= 4 is 29.1 Å². The lowest BCUT2D eigenvalue weighted by Crippen LogP contribution is -2.40. The van der Waals surface area contributed by atoms with E-state index in [-0.39, 0.29) is 23.4 Å². The van der Waals surface area contributed by atoms with Gasteiger partial charge in [0, 0.05) is 12.1 Å². The van der Waals surface area contributed by atoms with Crippen LogP contribution >= 0.6 is 11.3 Å². The fourth-order valence-electron chi connectivity index (χ4n) is 4.25. The number of thiazole rings is 1. The molecule has 1 aliphatic rings. The summed E-state index contributed by atoms with van der Waals surface area (Å²) < 4.78 is 18.7. The zero-order valence-electron chi connectivity index (χ0n) is 22.4. The molecular weight excluding hydrogens is 534 g/mol. The maximum absolute atomic E-state index is 13.8. The lowest BCUT2D eigenvalue weighted by molar-refractivity contribution is -0.384. The minimum atomic E-state index is -0.842. The second kappa shape index (κ2) is 12.6. The van der Waals surface area contributed by atoms with E-state index in [0.29, 0.717) is 44.3 Å². The van der Waals surface area contributed by atoms with Gasteiger partial charge in [-0.05, 0) is 54.8 Å². The summed E-state index contributed by atoms with van der Waals surface area (Å²) in [5.74, 6) is 0.412. The fourth-order valence-corrected chi connectivity index (χ4v) is 5.30. The molecule has 0 saturated carbocycles. The Bertz CT molecular complexity index is 1650. The molecule has 2 heterocycles. The Morgan fingerprint density at radius 3 is 2.62 bits per heavy atom. The highest BCUT2D eigenvalue weighted by Crippen LogP contribution is 2.36. The molecule has 2 aromatic carbocycles. The van der Waals surface area contributed by atoms with Crippen LogP contribution in [0.25, 0.3) is 6.08 Å². The van der Waals surface area contributed by atoms with E-state index in [2.05, 4.69) is 18.5 Å². The molecule has 0 N–H and O–H groups in total. The Morgan fingerprint density at radius 1 is 1.23 bits per heavy atom. The number of aromatic nitrogens is 1. The summed E-state index contributed by atoms with van der Waals surface area (Å²) >= 11 is 1.16. The first-order chi connectivity index (χ1) is 19.3. The molecule has 0 fully saturated rings. The smallest absolute Gasteiger partial charge is 0.338 e. The van der Waals surface area contributed by atoms with E-state index in [9.17, 15) is 19.7 Å². The predicted octanol–water partition coefficient (Wildman–Crippen LogP) is 4.06. The van der Waals surface area contributed by atoms with Crippen LogP contribution in [-0.2, 0) is 9.53 Å². The molecule has 1 aromatic heterocycles. The molecule has 208 valence electrons. The van der Waals surface area contributed by atoms with Gasteiger partial charge in [0.25, 0.3) is 11.2 Å². The maximum Gasteiger partial charge on any atom is 0.338 e. The Hall–Kier alpha value is -4.51. The number of rotatable bonds is 11. The number of ether oxygens (including phenoxy) is 3. The lowest BCUT2D eigenvalue weighted by atomic mass is 9.95. The van der Waals surface area contributed by atoms with Crippen molar-refractivity contribution in [2.75, 3.05) is 20.3 Å². The van der Waals surface area contributed by atoms with Crippen molar-refractivity contribution in [3.05, 3.63) is 107 Å². The van der Waals surface area contributed by atoms with Gasteiger partial charge in [0.2, 0.25) is 0 Å². The number of carbonyl (C=O) groups excluding carboxylic acids is 1. The summed E-state index contributed by atoms with van der Waals surface area (Å²) in [4.78, 5) is 42.5. The zero-order valence-corrected chi connectivity index (χ0v) is 23.2. The molecule has 1 atom stereocenters. The van der Waals surface area contributed by atoms with E-state index < -0.39 is 16.9 Å². The van der Waals surface area contributed by atoms with E-state index in [4.69, 9.17) is 14.2 Å². The van der Waals surface area contributed by atoms with Crippen LogP contribution in [0.4, 0.5) is 5.69 Å². The van der Waals surface area contributed by atoms with Gasteiger partial charge in [-0.2, -0.15) is 0 Å². The molecule has 1 unspecified atom stereocenters. The molecular formula is C29H29N3O7S. The summed E-state index contributed by atoms with van der Waals surface area (Å²) in [5, 5.41) is 11.0. The zero-order chi connectivity index (χ0) is 28.8. The summed E-state index contributed by atoms with van der Waals surface area (Å²) in [6, 6.07) is 10.4. The molecule has 1 aliphatic heterocycles. The average Bonchev–Trinajstić information content (AvgIpc) is 3.25. The highest BCUT2D eigenvalue weighted by molar-refractivity contribution is 7.07.